The zero-order chi connectivity index (χ0) is 29.9. The Morgan fingerprint density at radius 1 is 0.929 bits per heavy atom. The lowest BCUT2D eigenvalue weighted by Gasteiger charge is -2.24. The van der Waals surface area contributed by atoms with Crippen LogP contribution in [0.1, 0.15) is 58.4 Å². The van der Waals surface area contributed by atoms with Gasteiger partial charge in [0, 0.05) is 26.2 Å². The molecule has 0 spiro atoms. The SMILES string of the molecule is COc1cc2cc(c1OC)OCCCC(OC(=O)c1ccc(F)c(C#N)c1)CCN1CCCN(CCCOC2=O)CC1. The van der Waals surface area contributed by atoms with E-state index in [1.807, 2.05) is 0 Å². The Balaban J connectivity index is 1.52. The third kappa shape index (κ3) is 8.33. The van der Waals surface area contributed by atoms with Gasteiger partial charge >= 0.3 is 11.9 Å². The lowest BCUT2D eigenvalue weighted by molar-refractivity contribution is 0.0221. The quantitative estimate of drug-likeness (QED) is 0.489. The van der Waals surface area contributed by atoms with Crippen molar-refractivity contribution in [2.45, 2.75) is 38.2 Å². The van der Waals surface area contributed by atoms with E-state index < -0.39 is 23.9 Å². The molecule has 0 saturated carbocycles. The molecule has 1 fully saturated rings. The van der Waals surface area contributed by atoms with Crippen LogP contribution in [0.5, 0.6) is 17.2 Å². The molecule has 2 aliphatic heterocycles. The van der Waals surface area contributed by atoms with Gasteiger partial charge in [-0.05, 0) is 75.5 Å². The van der Waals surface area contributed by atoms with E-state index in [0.29, 0.717) is 48.7 Å². The first-order chi connectivity index (χ1) is 20.4. The second-order valence-corrected chi connectivity index (χ2v) is 10.3. The normalized spacial score (nSPS) is 22.1. The minimum absolute atomic E-state index is 0.130. The number of methoxy groups -OCH3 is 2. The monoisotopic (exact) mass is 583 g/mol. The second-order valence-electron chi connectivity index (χ2n) is 10.3. The molecule has 0 amide bonds. The van der Waals surface area contributed by atoms with Crippen LogP contribution >= 0.6 is 0 Å². The van der Waals surface area contributed by atoms with E-state index in [9.17, 15) is 14.0 Å². The summed E-state index contributed by atoms with van der Waals surface area (Å²) in [6, 6.07) is 8.56. The maximum Gasteiger partial charge on any atom is 0.338 e. The van der Waals surface area contributed by atoms with Crippen LogP contribution in [0.2, 0.25) is 0 Å². The standard InChI is InChI=1S/C31H38FN3O7/c1-38-27-19-23-20-28(29(27)39-2)40-16-3-6-25(42-31(37)22-7-8-26(32)24(18-22)21-33)9-13-35-11-4-10-34(14-15-35)12-5-17-41-30(23)36/h7-8,18-20,25H,3-6,9-17H2,1-2H3. The Bertz CT molecular complexity index is 1280. The van der Waals surface area contributed by atoms with Crippen LogP contribution in [0.15, 0.2) is 30.3 Å². The second kappa shape index (κ2) is 15.4. The summed E-state index contributed by atoms with van der Waals surface area (Å²) in [4.78, 5) is 30.6. The Kier molecular flexibility index (Phi) is 11.4. The minimum atomic E-state index is -0.683. The molecule has 2 heterocycles. The van der Waals surface area contributed by atoms with Crippen molar-refractivity contribution in [2.24, 2.45) is 0 Å². The highest BCUT2D eigenvalue weighted by Crippen LogP contribution is 2.39. The Morgan fingerprint density at radius 3 is 2.40 bits per heavy atom. The van der Waals surface area contributed by atoms with Crippen LogP contribution in [-0.4, -0.2) is 94.5 Å². The molecule has 0 N–H and O–H groups in total. The average Bonchev–Trinajstić information content (AvgIpc) is 3.24. The number of benzene rings is 2. The lowest BCUT2D eigenvalue weighted by Crippen LogP contribution is -2.34. The van der Waals surface area contributed by atoms with Gasteiger partial charge in [0.15, 0.2) is 11.5 Å². The predicted octanol–water partition coefficient (Wildman–Crippen LogP) is 4.06. The van der Waals surface area contributed by atoms with E-state index >= 15 is 0 Å². The van der Waals surface area contributed by atoms with Gasteiger partial charge in [0.2, 0.25) is 5.75 Å². The van der Waals surface area contributed by atoms with Crippen molar-refractivity contribution in [3.63, 3.8) is 0 Å². The summed E-state index contributed by atoms with van der Waals surface area (Å²) >= 11 is 0. The maximum atomic E-state index is 13.8. The van der Waals surface area contributed by atoms with Gasteiger partial charge in [-0.3, -0.25) is 0 Å². The van der Waals surface area contributed by atoms with Gasteiger partial charge in [0.05, 0.1) is 44.1 Å². The number of hydrogen-bond acceptors (Lipinski definition) is 10. The maximum absolute atomic E-state index is 13.8. The lowest BCUT2D eigenvalue weighted by atomic mass is 10.1. The van der Waals surface area contributed by atoms with Gasteiger partial charge in [-0.15, -0.1) is 0 Å². The fraction of sp³-hybridized carbons (Fsp3) is 0.516. The fourth-order valence-corrected chi connectivity index (χ4v) is 5.20. The number of cyclic esters (lactones) is 1. The molecule has 0 radical (unpaired) electrons. The molecule has 3 atom stereocenters. The van der Waals surface area contributed by atoms with E-state index in [0.717, 1.165) is 58.2 Å². The zero-order valence-corrected chi connectivity index (χ0v) is 24.2. The summed E-state index contributed by atoms with van der Waals surface area (Å²) in [7, 11) is 2.98. The fourth-order valence-electron chi connectivity index (χ4n) is 5.20. The average molecular weight is 584 g/mol. The highest BCUT2D eigenvalue weighted by atomic mass is 19.1. The number of carbonyl (C=O) groups is 2. The van der Waals surface area contributed by atoms with E-state index in [4.69, 9.17) is 28.9 Å². The highest BCUT2D eigenvalue weighted by Gasteiger charge is 2.22. The van der Waals surface area contributed by atoms with Gasteiger partial charge in [0.25, 0.3) is 0 Å². The Morgan fingerprint density at radius 2 is 1.67 bits per heavy atom. The summed E-state index contributed by atoms with van der Waals surface area (Å²) in [5.74, 6) is -0.691. The van der Waals surface area contributed by atoms with Crippen molar-refractivity contribution >= 4 is 11.9 Å². The predicted molar refractivity (Wildman–Crippen MR) is 152 cm³/mol. The van der Waals surface area contributed by atoms with Crippen LogP contribution in [0.4, 0.5) is 4.39 Å². The molecule has 226 valence electrons. The smallest absolute Gasteiger partial charge is 0.338 e. The van der Waals surface area contributed by atoms with Crippen molar-refractivity contribution < 1.29 is 37.7 Å². The number of nitriles is 1. The summed E-state index contributed by atoms with van der Waals surface area (Å²) in [6.45, 7) is 5.84. The number of hydrogen-bond donors (Lipinski definition) is 0. The molecule has 3 unspecified atom stereocenters. The van der Waals surface area contributed by atoms with Crippen LogP contribution in [0.3, 0.4) is 0 Å². The number of esters is 2. The largest absolute Gasteiger partial charge is 0.493 e. The molecule has 4 bridgehead atoms. The van der Waals surface area contributed by atoms with Crippen molar-refractivity contribution in [3.05, 3.63) is 52.8 Å². The number of fused-ring (bicyclic) bond motifs is 5. The van der Waals surface area contributed by atoms with Crippen LogP contribution in [0, 0.1) is 17.1 Å². The third-order valence-corrected chi connectivity index (χ3v) is 7.51. The van der Waals surface area contributed by atoms with Gasteiger partial charge < -0.3 is 33.5 Å². The molecule has 4 rings (SSSR count). The molecule has 11 heteroatoms. The Hall–Kier alpha value is -3.88. The summed E-state index contributed by atoms with van der Waals surface area (Å²) in [6.07, 6.45) is 2.98. The Labute approximate surface area is 245 Å². The van der Waals surface area contributed by atoms with Crippen LogP contribution in [0.25, 0.3) is 0 Å². The highest BCUT2D eigenvalue weighted by molar-refractivity contribution is 5.91. The molecule has 2 aromatic rings. The van der Waals surface area contributed by atoms with E-state index in [2.05, 4.69) is 9.80 Å². The number of rotatable bonds is 4. The summed E-state index contributed by atoms with van der Waals surface area (Å²) in [5, 5.41) is 9.16. The number of ether oxygens (including phenoxy) is 5. The molecule has 10 nitrogen and oxygen atoms in total. The zero-order valence-electron chi connectivity index (χ0n) is 24.2. The van der Waals surface area contributed by atoms with Gasteiger partial charge in [0.1, 0.15) is 18.0 Å². The molecule has 0 aliphatic carbocycles. The van der Waals surface area contributed by atoms with Gasteiger partial charge in [-0.2, -0.15) is 5.26 Å². The van der Waals surface area contributed by atoms with Crippen molar-refractivity contribution in [3.8, 4) is 23.3 Å². The molecule has 2 aliphatic rings. The van der Waals surface area contributed by atoms with E-state index in [1.165, 1.54) is 26.4 Å². The molecule has 42 heavy (non-hydrogen) atoms. The van der Waals surface area contributed by atoms with Crippen molar-refractivity contribution in [1.82, 2.24) is 9.80 Å². The van der Waals surface area contributed by atoms with Crippen molar-refractivity contribution in [2.75, 3.05) is 66.7 Å². The summed E-state index contributed by atoms with van der Waals surface area (Å²) in [5.41, 5.74) is 0.224. The third-order valence-electron chi connectivity index (χ3n) is 7.51. The molecule has 1 saturated heterocycles. The molecular weight excluding hydrogens is 545 g/mol. The van der Waals surface area contributed by atoms with Gasteiger partial charge in [-0.25, -0.2) is 14.0 Å². The van der Waals surface area contributed by atoms with Gasteiger partial charge in [-0.1, -0.05) is 0 Å². The minimum Gasteiger partial charge on any atom is -0.493 e. The first-order valence-corrected chi connectivity index (χ1v) is 14.3. The van der Waals surface area contributed by atoms with E-state index in [1.54, 1.807) is 18.2 Å². The number of carbonyl (C=O) groups excluding carboxylic acids is 2. The first-order valence-electron chi connectivity index (χ1n) is 14.3. The molecule has 2 aromatic carbocycles. The summed E-state index contributed by atoms with van der Waals surface area (Å²) < 4.78 is 42.2. The molecule has 0 aromatic heterocycles. The topological polar surface area (TPSA) is 111 Å². The molecular formula is C31H38FN3O7. The first kappa shape index (κ1) is 31.1. The van der Waals surface area contributed by atoms with Crippen LogP contribution < -0.4 is 14.2 Å². The van der Waals surface area contributed by atoms with E-state index in [-0.39, 0.29) is 17.7 Å². The number of halogens is 1. The van der Waals surface area contributed by atoms with Crippen molar-refractivity contribution in [1.29, 1.82) is 5.26 Å². The number of nitrogens with zero attached hydrogens (tertiary/aromatic N) is 3. The van der Waals surface area contributed by atoms with Crippen LogP contribution in [-0.2, 0) is 9.47 Å².